The van der Waals surface area contributed by atoms with Crippen LogP contribution < -0.4 is 5.32 Å². The number of benzene rings is 2. The predicted octanol–water partition coefficient (Wildman–Crippen LogP) is 7.29. The Labute approximate surface area is 313 Å². The molecule has 2 aromatic heterocycles. The number of anilines is 1. The molecular formula is C38H39ClF3N5O5S. The average Bonchev–Trinajstić information content (AvgIpc) is 3.73. The number of likely N-dealkylation sites (N-methyl/N-ethyl adjacent to an activating group) is 1. The van der Waals surface area contributed by atoms with Gasteiger partial charge in [0.05, 0.1) is 40.0 Å². The molecule has 2 aromatic carbocycles. The number of aromatic nitrogens is 2. The van der Waals surface area contributed by atoms with Crippen LogP contribution in [-0.2, 0) is 41.6 Å². The van der Waals surface area contributed by atoms with E-state index in [-0.39, 0.29) is 47.1 Å². The number of nitrogens with zero attached hydrogens (tertiary/aromatic N) is 4. The Morgan fingerprint density at radius 2 is 1.83 bits per heavy atom. The Morgan fingerprint density at radius 1 is 1.06 bits per heavy atom. The van der Waals surface area contributed by atoms with Crippen molar-refractivity contribution in [3.05, 3.63) is 97.6 Å². The first kappa shape index (κ1) is 38.2. The fourth-order valence-electron chi connectivity index (χ4n) is 6.78. The number of aliphatic carboxylic acids is 1. The van der Waals surface area contributed by atoms with Crippen molar-refractivity contribution in [3.63, 3.8) is 0 Å². The molecule has 0 bridgehead atoms. The Kier molecular flexibility index (Phi) is 10.9. The highest BCUT2D eigenvalue weighted by molar-refractivity contribution is 7.17. The number of alkyl halides is 3. The van der Waals surface area contributed by atoms with Crippen LogP contribution in [-0.4, -0.2) is 74.9 Å². The van der Waals surface area contributed by atoms with Gasteiger partial charge in [0.15, 0.2) is 5.78 Å². The third kappa shape index (κ3) is 8.66. The van der Waals surface area contributed by atoms with Gasteiger partial charge in [0.25, 0.3) is 5.91 Å². The maximum Gasteiger partial charge on any atom is 0.417 e. The summed E-state index contributed by atoms with van der Waals surface area (Å²) in [6, 6.07) is 8.96. The number of ketones is 1. The van der Waals surface area contributed by atoms with E-state index in [0.717, 1.165) is 59.5 Å². The van der Waals surface area contributed by atoms with E-state index < -0.39 is 22.7 Å². The molecule has 280 valence electrons. The summed E-state index contributed by atoms with van der Waals surface area (Å²) in [6.07, 6.45) is 0.717. The van der Waals surface area contributed by atoms with E-state index in [9.17, 15) is 32.3 Å². The first-order valence-electron chi connectivity index (χ1n) is 17.2. The number of thiophene rings is 1. The summed E-state index contributed by atoms with van der Waals surface area (Å²) in [5.41, 5.74) is 3.00. The lowest BCUT2D eigenvalue weighted by Crippen LogP contribution is -2.39. The molecular weight excluding hydrogens is 731 g/mol. The lowest BCUT2D eigenvalue weighted by molar-refractivity contribution is -0.140. The number of nitrogens with one attached hydrogen (secondary N) is 1. The molecule has 0 fully saturated rings. The number of halogens is 4. The summed E-state index contributed by atoms with van der Waals surface area (Å²) in [5.74, 6) is -2.01. The molecule has 2 N–H and O–H groups in total. The second-order valence-electron chi connectivity index (χ2n) is 14.4. The van der Waals surface area contributed by atoms with E-state index >= 15 is 0 Å². The van der Waals surface area contributed by atoms with Crippen LogP contribution in [0.25, 0.3) is 5.69 Å². The molecule has 15 heteroatoms. The van der Waals surface area contributed by atoms with E-state index in [1.54, 1.807) is 13.1 Å². The molecule has 2 amide bonds. The zero-order chi connectivity index (χ0) is 38.2. The Morgan fingerprint density at radius 3 is 2.57 bits per heavy atom. The summed E-state index contributed by atoms with van der Waals surface area (Å²) in [5, 5.41) is 16.0. The van der Waals surface area contributed by atoms with Crippen molar-refractivity contribution in [3.8, 4) is 5.69 Å². The van der Waals surface area contributed by atoms with Crippen LogP contribution in [0.4, 0.5) is 18.2 Å². The zero-order valence-corrected chi connectivity index (χ0v) is 31.1. The summed E-state index contributed by atoms with van der Waals surface area (Å²) in [6.45, 7) is 6.70. The SMILES string of the molecule is CN(CCN1CCc2ccc(C(=O)Nc3sc4c(c3C(=O)c3cnn(-c5ccc(Cl)c(C(F)(F)F)c5)c3)CCC(C)(C)C4)cc2C1)C(=O)CCC(=O)O. The topological polar surface area (TPSA) is 125 Å². The number of carboxylic acids is 1. The summed E-state index contributed by atoms with van der Waals surface area (Å²) < 4.78 is 41.8. The molecule has 6 rings (SSSR count). The quantitative estimate of drug-likeness (QED) is 0.154. The Hall–Kier alpha value is -4.53. The van der Waals surface area contributed by atoms with Gasteiger partial charge in [-0.2, -0.15) is 18.3 Å². The summed E-state index contributed by atoms with van der Waals surface area (Å²) in [4.78, 5) is 55.9. The maximum absolute atomic E-state index is 14.2. The third-order valence-corrected chi connectivity index (χ3v) is 11.4. The van der Waals surface area contributed by atoms with Crippen LogP contribution in [0.3, 0.4) is 0 Å². The smallest absolute Gasteiger partial charge is 0.417 e. The van der Waals surface area contributed by atoms with Crippen molar-refractivity contribution >= 4 is 51.5 Å². The molecule has 1 aliphatic carbocycles. The van der Waals surface area contributed by atoms with Crippen LogP contribution in [0.5, 0.6) is 0 Å². The van der Waals surface area contributed by atoms with Crippen molar-refractivity contribution in [2.75, 3.05) is 32.0 Å². The van der Waals surface area contributed by atoms with Gasteiger partial charge in [-0.1, -0.05) is 31.5 Å². The van der Waals surface area contributed by atoms with Crippen molar-refractivity contribution in [2.24, 2.45) is 5.41 Å². The minimum Gasteiger partial charge on any atom is -0.481 e. The molecule has 0 atom stereocenters. The number of rotatable bonds is 11. The van der Waals surface area contributed by atoms with Crippen LogP contribution in [0, 0.1) is 5.41 Å². The van der Waals surface area contributed by atoms with Crippen molar-refractivity contribution in [1.82, 2.24) is 19.6 Å². The molecule has 0 saturated heterocycles. The fourth-order valence-corrected chi connectivity index (χ4v) is 8.50. The van der Waals surface area contributed by atoms with E-state index in [4.69, 9.17) is 16.7 Å². The lowest BCUT2D eigenvalue weighted by Gasteiger charge is -2.30. The molecule has 0 saturated carbocycles. The average molecular weight is 770 g/mol. The van der Waals surface area contributed by atoms with Crippen LogP contribution in [0.15, 0.2) is 48.8 Å². The molecule has 0 radical (unpaired) electrons. The normalized spacial score (nSPS) is 15.4. The predicted molar refractivity (Wildman–Crippen MR) is 195 cm³/mol. The molecule has 10 nitrogen and oxygen atoms in total. The van der Waals surface area contributed by atoms with Gasteiger partial charge in [-0.25, -0.2) is 4.68 Å². The minimum atomic E-state index is -4.67. The van der Waals surface area contributed by atoms with E-state index in [1.165, 1.54) is 39.4 Å². The van der Waals surface area contributed by atoms with Crippen LogP contribution in [0.2, 0.25) is 5.02 Å². The number of carbonyl (C=O) groups excluding carboxylic acids is 3. The number of fused-ring (bicyclic) bond motifs is 2. The minimum absolute atomic E-state index is 0.0000411. The van der Waals surface area contributed by atoms with Gasteiger partial charge < -0.3 is 15.3 Å². The highest BCUT2D eigenvalue weighted by Crippen LogP contribution is 2.45. The van der Waals surface area contributed by atoms with E-state index in [1.807, 2.05) is 12.1 Å². The van der Waals surface area contributed by atoms with Gasteiger partial charge in [0.1, 0.15) is 5.00 Å². The van der Waals surface area contributed by atoms with Gasteiger partial charge in [0, 0.05) is 56.3 Å². The fraction of sp³-hybridized carbons (Fsp3) is 0.395. The zero-order valence-electron chi connectivity index (χ0n) is 29.5. The van der Waals surface area contributed by atoms with Crippen LogP contribution >= 0.6 is 22.9 Å². The van der Waals surface area contributed by atoms with Gasteiger partial charge in [-0.3, -0.25) is 24.1 Å². The molecule has 53 heavy (non-hydrogen) atoms. The highest BCUT2D eigenvalue weighted by atomic mass is 35.5. The number of carboxylic acid groups (broad SMARTS) is 1. The third-order valence-electron chi connectivity index (χ3n) is 9.89. The largest absolute Gasteiger partial charge is 0.481 e. The number of hydrogen-bond donors (Lipinski definition) is 2. The number of hydrogen-bond acceptors (Lipinski definition) is 7. The monoisotopic (exact) mass is 769 g/mol. The number of amides is 2. The maximum atomic E-state index is 14.2. The van der Waals surface area contributed by atoms with Crippen molar-refractivity contribution in [1.29, 1.82) is 0 Å². The van der Waals surface area contributed by atoms with Crippen LogP contribution in [0.1, 0.15) is 86.5 Å². The molecule has 1 aliphatic heterocycles. The van der Waals surface area contributed by atoms with Gasteiger partial charge in [-0.05, 0) is 78.1 Å². The highest BCUT2D eigenvalue weighted by Gasteiger charge is 2.35. The molecule has 2 aliphatic rings. The summed E-state index contributed by atoms with van der Waals surface area (Å²) in [7, 11) is 1.66. The van der Waals surface area contributed by atoms with Crippen molar-refractivity contribution in [2.45, 2.75) is 65.1 Å². The first-order chi connectivity index (χ1) is 25.0. The summed E-state index contributed by atoms with van der Waals surface area (Å²) >= 11 is 7.18. The molecule has 0 unspecified atom stereocenters. The van der Waals surface area contributed by atoms with Gasteiger partial charge >= 0.3 is 12.1 Å². The molecule has 3 heterocycles. The first-order valence-corrected chi connectivity index (χ1v) is 18.4. The standard InChI is InChI=1S/C38H39ClF3N5O5S/c1-37(2)12-10-27-30(18-37)53-36(33(27)34(51)25-19-43-47(21-25)26-6-7-29(39)28(17-26)38(40,41)42)44-35(52)23-5-4-22-11-13-46(20-24(22)16-23)15-14-45(3)31(48)8-9-32(49)50/h4-7,16-17,19,21H,8-15,18,20H2,1-3H3,(H,44,52)(H,49,50). The number of carbonyl (C=O) groups is 4. The molecule has 4 aromatic rings. The Balaban J connectivity index is 1.21. The van der Waals surface area contributed by atoms with Gasteiger partial charge in [0.2, 0.25) is 5.91 Å². The van der Waals surface area contributed by atoms with Gasteiger partial charge in [-0.15, -0.1) is 11.3 Å². The Bertz CT molecular complexity index is 2090. The van der Waals surface area contributed by atoms with E-state index in [0.29, 0.717) is 42.2 Å². The second kappa shape index (κ2) is 15.1. The second-order valence-corrected chi connectivity index (χ2v) is 15.9. The lowest BCUT2D eigenvalue weighted by atomic mass is 9.76. The molecule has 0 spiro atoms. The van der Waals surface area contributed by atoms with Crippen molar-refractivity contribution < 1.29 is 37.5 Å². The van der Waals surface area contributed by atoms with E-state index in [2.05, 4.69) is 29.2 Å².